The molecule has 2 rings (SSSR count). The van der Waals surface area contributed by atoms with E-state index in [9.17, 15) is 22.8 Å². The number of carbonyl (C=O) groups excluding carboxylic acids is 2. The number of carbonyl (C=O) groups is 2. The molecule has 2 amide bonds. The third-order valence-electron chi connectivity index (χ3n) is 4.23. The highest BCUT2D eigenvalue weighted by Gasteiger charge is 2.20. The van der Waals surface area contributed by atoms with Gasteiger partial charge in [-0.05, 0) is 32.0 Å². The first-order chi connectivity index (χ1) is 13.7. The molecule has 0 saturated heterocycles. The summed E-state index contributed by atoms with van der Waals surface area (Å²) >= 11 is 0. The zero-order chi connectivity index (χ0) is 21.6. The molecule has 6 nitrogen and oxygen atoms in total. The first-order valence-corrected chi connectivity index (χ1v) is 8.84. The van der Waals surface area contributed by atoms with Crippen LogP contribution >= 0.6 is 0 Å². The van der Waals surface area contributed by atoms with Crippen LogP contribution in [0.25, 0.3) is 0 Å². The van der Waals surface area contributed by atoms with E-state index in [1.807, 2.05) is 25.1 Å². The molecule has 3 N–H and O–H groups in total. The van der Waals surface area contributed by atoms with Crippen molar-refractivity contribution >= 4 is 17.5 Å². The lowest BCUT2D eigenvalue weighted by molar-refractivity contribution is -0.125. The maximum atomic E-state index is 13.6. The molecule has 0 heterocycles. The van der Waals surface area contributed by atoms with E-state index in [1.54, 1.807) is 20.1 Å². The second-order valence-electron chi connectivity index (χ2n) is 6.34. The summed E-state index contributed by atoms with van der Waals surface area (Å²) in [6.07, 6.45) is 0. The molecule has 0 bridgehead atoms. The average Bonchev–Trinajstić information content (AvgIpc) is 2.72. The molecule has 0 aromatic heterocycles. The fourth-order valence-electron chi connectivity index (χ4n) is 2.70. The molecule has 156 valence electrons. The van der Waals surface area contributed by atoms with Crippen LogP contribution in [0.1, 0.15) is 25.5 Å². The largest absolute Gasteiger partial charge is 0.496 e. The minimum Gasteiger partial charge on any atom is -0.496 e. The Bertz CT molecular complexity index is 893. The Kier molecular flexibility index (Phi) is 7.60. The number of para-hydroxylation sites is 1. The van der Waals surface area contributed by atoms with Crippen molar-refractivity contribution in [3.8, 4) is 5.75 Å². The van der Waals surface area contributed by atoms with Crippen molar-refractivity contribution in [2.45, 2.75) is 25.9 Å². The average molecular weight is 409 g/mol. The zero-order valence-corrected chi connectivity index (χ0v) is 16.2. The van der Waals surface area contributed by atoms with E-state index in [4.69, 9.17) is 4.74 Å². The minimum atomic E-state index is -1.69. The molecule has 2 atom stereocenters. The Morgan fingerprint density at radius 2 is 1.72 bits per heavy atom. The van der Waals surface area contributed by atoms with E-state index in [0.717, 1.165) is 11.6 Å². The van der Waals surface area contributed by atoms with Gasteiger partial charge in [0.1, 0.15) is 5.75 Å². The smallest absolute Gasteiger partial charge is 0.243 e. The molecule has 2 unspecified atom stereocenters. The molecule has 0 aliphatic heterocycles. The summed E-state index contributed by atoms with van der Waals surface area (Å²) in [6.45, 7) is 3.01. The molecular formula is C20H22F3N3O3. The van der Waals surface area contributed by atoms with Crippen LogP contribution < -0.4 is 20.7 Å². The van der Waals surface area contributed by atoms with Crippen LogP contribution in [0.3, 0.4) is 0 Å². The van der Waals surface area contributed by atoms with Crippen molar-refractivity contribution in [3.63, 3.8) is 0 Å². The third-order valence-corrected chi connectivity index (χ3v) is 4.23. The van der Waals surface area contributed by atoms with E-state index in [1.165, 1.54) is 0 Å². The molecule has 0 aliphatic rings. The van der Waals surface area contributed by atoms with E-state index >= 15 is 0 Å². The Morgan fingerprint density at radius 3 is 2.41 bits per heavy atom. The predicted molar refractivity (Wildman–Crippen MR) is 102 cm³/mol. The van der Waals surface area contributed by atoms with Crippen molar-refractivity contribution in [2.75, 3.05) is 19.0 Å². The number of amides is 2. The molecule has 2 aromatic carbocycles. The summed E-state index contributed by atoms with van der Waals surface area (Å²) in [5.74, 6) is -5.13. The topological polar surface area (TPSA) is 79.5 Å². The highest BCUT2D eigenvalue weighted by Crippen LogP contribution is 2.24. The number of ether oxygens (including phenoxy) is 1. The number of halogens is 3. The van der Waals surface area contributed by atoms with E-state index < -0.39 is 47.5 Å². The third kappa shape index (κ3) is 5.71. The summed E-state index contributed by atoms with van der Waals surface area (Å²) in [5, 5.41) is 7.57. The predicted octanol–water partition coefficient (Wildman–Crippen LogP) is 2.91. The summed E-state index contributed by atoms with van der Waals surface area (Å²) < 4.78 is 45.0. The Balaban J connectivity index is 1.88. The van der Waals surface area contributed by atoms with Crippen molar-refractivity contribution in [1.29, 1.82) is 0 Å². The Hall–Kier alpha value is -3.07. The van der Waals surface area contributed by atoms with Crippen LogP contribution in [-0.2, 0) is 9.59 Å². The number of benzene rings is 2. The summed E-state index contributed by atoms with van der Waals surface area (Å²) in [7, 11) is 1.55. The number of anilines is 1. The standard InChI is InChI=1S/C20H22F3N3O3/c1-11(13-6-4-5-7-16(13)29-3)25-12(2)20(28)24-10-17(27)26-15-9-8-14(21)18(22)19(15)23/h4-9,11-12,25H,10H2,1-3H3,(H,24,28)(H,26,27). The van der Waals surface area contributed by atoms with Gasteiger partial charge in [0.05, 0.1) is 25.4 Å². The molecule has 2 aromatic rings. The van der Waals surface area contributed by atoms with E-state index in [0.29, 0.717) is 11.8 Å². The van der Waals surface area contributed by atoms with Crippen LogP contribution in [0.15, 0.2) is 36.4 Å². The van der Waals surface area contributed by atoms with E-state index in [2.05, 4.69) is 16.0 Å². The van der Waals surface area contributed by atoms with Gasteiger partial charge in [-0.1, -0.05) is 18.2 Å². The normalized spacial score (nSPS) is 12.8. The van der Waals surface area contributed by atoms with Crippen molar-refractivity contribution in [1.82, 2.24) is 10.6 Å². The second-order valence-corrected chi connectivity index (χ2v) is 6.34. The first-order valence-electron chi connectivity index (χ1n) is 8.84. The maximum Gasteiger partial charge on any atom is 0.243 e. The molecule has 0 radical (unpaired) electrons. The number of methoxy groups -OCH3 is 1. The molecule has 0 aliphatic carbocycles. The lowest BCUT2D eigenvalue weighted by Gasteiger charge is -2.21. The molecule has 9 heteroatoms. The Morgan fingerprint density at radius 1 is 1.03 bits per heavy atom. The van der Waals surface area contributed by atoms with Crippen LogP contribution in [0.5, 0.6) is 5.75 Å². The number of hydrogen-bond acceptors (Lipinski definition) is 4. The van der Waals surface area contributed by atoms with Gasteiger partial charge in [-0.2, -0.15) is 0 Å². The molecule has 0 spiro atoms. The quantitative estimate of drug-likeness (QED) is 0.586. The Labute approximate surface area is 166 Å². The van der Waals surface area contributed by atoms with Gasteiger partial charge in [0.2, 0.25) is 11.8 Å². The van der Waals surface area contributed by atoms with Crippen LogP contribution in [0.4, 0.5) is 18.9 Å². The second kappa shape index (κ2) is 9.92. The lowest BCUT2D eigenvalue weighted by atomic mass is 10.1. The fraction of sp³-hybridized carbons (Fsp3) is 0.300. The monoisotopic (exact) mass is 409 g/mol. The number of nitrogens with one attached hydrogen (secondary N) is 3. The molecule has 0 saturated carbocycles. The maximum absolute atomic E-state index is 13.6. The highest BCUT2D eigenvalue weighted by molar-refractivity contribution is 5.95. The first kappa shape index (κ1) is 22.2. The molecule has 29 heavy (non-hydrogen) atoms. The zero-order valence-electron chi connectivity index (χ0n) is 16.2. The van der Waals surface area contributed by atoms with E-state index in [-0.39, 0.29) is 6.04 Å². The SMILES string of the molecule is COc1ccccc1C(C)NC(C)C(=O)NCC(=O)Nc1ccc(F)c(F)c1F. The van der Waals surface area contributed by atoms with Crippen LogP contribution in [-0.4, -0.2) is 31.5 Å². The summed E-state index contributed by atoms with van der Waals surface area (Å²) in [5.41, 5.74) is 0.348. The van der Waals surface area contributed by atoms with Gasteiger partial charge in [0.15, 0.2) is 17.5 Å². The van der Waals surface area contributed by atoms with Crippen molar-refractivity contribution < 1.29 is 27.5 Å². The lowest BCUT2D eigenvalue weighted by Crippen LogP contribution is -2.45. The van der Waals surface area contributed by atoms with Gasteiger partial charge in [0, 0.05) is 11.6 Å². The van der Waals surface area contributed by atoms with Gasteiger partial charge in [-0.3, -0.25) is 14.9 Å². The number of hydrogen-bond donors (Lipinski definition) is 3. The number of rotatable bonds is 8. The van der Waals surface area contributed by atoms with Crippen LogP contribution in [0, 0.1) is 17.5 Å². The van der Waals surface area contributed by atoms with Crippen molar-refractivity contribution in [3.05, 3.63) is 59.4 Å². The molecular weight excluding hydrogens is 387 g/mol. The van der Waals surface area contributed by atoms with Gasteiger partial charge in [0.25, 0.3) is 0 Å². The van der Waals surface area contributed by atoms with Gasteiger partial charge < -0.3 is 15.4 Å². The van der Waals surface area contributed by atoms with Gasteiger partial charge >= 0.3 is 0 Å². The summed E-state index contributed by atoms with van der Waals surface area (Å²) in [6, 6.07) is 8.08. The fourth-order valence-corrected chi connectivity index (χ4v) is 2.70. The summed E-state index contributed by atoms with van der Waals surface area (Å²) in [4.78, 5) is 24.1. The molecule has 0 fully saturated rings. The van der Waals surface area contributed by atoms with Gasteiger partial charge in [-0.25, -0.2) is 13.2 Å². The minimum absolute atomic E-state index is 0.211. The van der Waals surface area contributed by atoms with Gasteiger partial charge in [-0.15, -0.1) is 0 Å². The van der Waals surface area contributed by atoms with Crippen molar-refractivity contribution in [2.24, 2.45) is 0 Å². The van der Waals surface area contributed by atoms with Crippen LogP contribution in [0.2, 0.25) is 0 Å². The highest BCUT2D eigenvalue weighted by atomic mass is 19.2.